The van der Waals surface area contributed by atoms with Crippen molar-refractivity contribution in [3.63, 3.8) is 0 Å². The van der Waals surface area contributed by atoms with Gasteiger partial charge in [0, 0.05) is 18.4 Å². The minimum absolute atomic E-state index is 0.172. The number of hydrogen-bond donors (Lipinski definition) is 2. The van der Waals surface area contributed by atoms with Gasteiger partial charge in [-0.2, -0.15) is 13.2 Å². The van der Waals surface area contributed by atoms with Crippen molar-refractivity contribution in [2.24, 2.45) is 0 Å². The fraction of sp³-hybridized carbons (Fsp3) is 0.200. The van der Waals surface area contributed by atoms with Crippen LogP contribution >= 0.6 is 0 Å². The van der Waals surface area contributed by atoms with Crippen LogP contribution < -0.4 is 9.44 Å². The number of anilines is 1. The maximum atomic E-state index is 13.2. The fourth-order valence-corrected chi connectivity index (χ4v) is 5.55. The molecule has 4 rings (SSSR count). The van der Waals surface area contributed by atoms with Gasteiger partial charge in [-0.15, -0.1) is 0 Å². The number of alkyl halides is 3. The third kappa shape index (κ3) is 4.81. The van der Waals surface area contributed by atoms with Gasteiger partial charge in [-0.05, 0) is 61.4 Å². The molecule has 0 bridgehead atoms. The number of aromatic nitrogens is 1. The highest BCUT2D eigenvalue weighted by Gasteiger charge is 2.32. The Morgan fingerprint density at radius 1 is 0.844 bits per heavy atom. The van der Waals surface area contributed by atoms with E-state index in [1.54, 1.807) is 24.5 Å². The molecule has 1 heterocycles. The molecule has 1 aliphatic carbocycles. The Kier molecular flexibility index (Phi) is 5.55. The van der Waals surface area contributed by atoms with Gasteiger partial charge in [0.25, 0.3) is 10.0 Å². The van der Waals surface area contributed by atoms with Crippen molar-refractivity contribution in [1.29, 1.82) is 0 Å². The Morgan fingerprint density at radius 3 is 2.06 bits per heavy atom. The Labute approximate surface area is 183 Å². The number of sulfonamides is 2. The molecule has 170 valence electrons. The summed E-state index contributed by atoms with van der Waals surface area (Å²) in [6.45, 7) is 0. The number of hydrogen-bond acceptors (Lipinski definition) is 4. The van der Waals surface area contributed by atoms with Crippen molar-refractivity contribution in [1.82, 2.24) is 9.29 Å². The Hall–Kier alpha value is -2.83. The van der Waals surface area contributed by atoms with Crippen LogP contribution in [-0.4, -0.2) is 27.4 Å². The zero-order chi connectivity index (χ0) is 23.1. The van der Waals surface area contributed by atoms with Crippen LogP contribution in [0.4, 0.5) is 18.9 Å². The van der Waals surface area contributed by atoms with E-state index in [0.717, 1.165) is 18.2 Å². The molecule has 12 heteroatoms. The fourth-order valence-electron chi connectivity index (χ4n) is 3.02. The van der Waals surface area contributed by atoms with Gasteiger partial charge in [0.2, 0.25) is 10.0 Å². The van der Waals surface area contributed by atoms with E-state index in [4.69, 9.17) is 0 Å². The zero-order valence-electron chi connectivity index (χ0n) is 16.4. The van der Waals surface area contributed by atoms with Gasteiger partial charge >= 0.3 is 6.18 Å². The van der Waals surface area contributed by atoms with Gasteiger partial charge in [-0.3, -0.25) is 4.72 Å². The van der Waals surface area contributed by atoms with Crippen LogP contribution in [0.2, 0.25) is 0 Å². The number of halogens is 3. The van der Waals surface area contributed by atoms with Crippen LogP contribution in [0.25, 0.3) is 5.69 Å². The smallest absolute Gasteiger partial charge is 0.322 e. The van der Waals surface area contributed by atoms with Crippen molar-refractivity contribution < 1.29 is 30.0 Å². The average Bonchev–Trinajstić information content (AvgIpc) is 3.35. The molecule has 0 aliphatic heterocycles. The Bertz CT molecular complexity index is 1350. The van der Waals surface area contributed by atoms with Crippen LogP contribution in [0, 0.1) is 0 Å². The number of benzene rings is 2. The first-order valence-electron chi connectivity index (χ1n) is 9.45. The van der Waals surface area contributed by atoms with Gasteiger partial charge in [0.15, 0.2) is 0 Å². The second-order valence-electron chi connectivity index (χ2n) is 7.30. The largest absolute Gasteiger partial charge is 0.416 e. The van der Waals surface area contributed by atoms with Crippen LogP contribution in [0.3, 0.4) is 0 Å². The molecule has 0 radical (unpaired) electrons. The van der Waals surface area contributed by atoms with E-state index in [1.807, 2.05) is 0 Å². The molecule has 0 saturated heterocycles. The molecular weight excluding hydrogens is 467 g/mol. The summed E-state index contributed by atoms with van der Waals surface area (Å²) < 4.78 is 96.6. The molecule has 0 spiro atoms. The summed E-state index contributed by atoms with van der Waals surface area (Å²) in [5.74, 6) is 0. The summed E-state index contributed by atoms with van der Waals surface area (Å²) in [5, 5.41) is 0. The summed E-state index contributed by atoms with van der Waals surface area (Å²) in [6, 6.07) is 10.4. The SMILES string of the molecule is O=S(=O)(Nc1cc(C(F)(F)F)ccc1-n1cccc1)c1cccc(S(=O)(=O)NC2CC2)c1. The quantitative estimate of drug-likeness (QED) is 0.533. The third-order valence-corrected chi connectivity index (χ3v) is 7.66. The van der Waals surface area contributed by atoms with Crippen LogP contribution in [0.15, 0.2) is 76.8 Å². The van der Waals surface area contributed by atoms with Crippen molar-refractivity contribution in [2.75, 3.05) is 4.72 Å². The van der Waals surface area contributed by atoms with E-state index < -0.39 is 36.7 Å². The minimum Gasteiger partial charge on any atom is -0.322 e. The lowest BCUT2D eigenvalue weighted by Crippen LogP contribution is -2.26. The van der Waals surface area contributed by atoms with Gasteiger partial charge in [-0.1, -0.05) is 6.07 Å². The monoisotopic (exact) mass is 485 g/mol. The number of rotatable bonds is 7. The molecule has 1 saturated carbocycles. The molecule has 1 aromatic heterocycles. The van der Waals surface area contributed by atoms with E-state index in [2.05, 4.69) is 9.44 Å². The molecule has 1 fully saturated rings. The predicted molar refractivity (Wildman–Crippen MR) is 111 cm³/mol. The van der Waals surface area contributed by atoms with Crippen molar-refractivity contribution in [3.8, 4) is 5.69 Å². The van der Waals surface area contributed by atoms with Crippen LogP contribution in [0.1, 0.15) is 18.4 Å². The zero-order valence-corrected chi connectivity index (χ0v) is 18.0. The standard InChI is InChI=1S/C20H18F3N3O4S2/c21-20(22,23)14-6-9-19(26-10-1-2-11-26)18(12-14)25-32(29,30)17-5-3-4-16(13-17)31(27,28)24-15-7-8-15/h1-6,9-13,15,24-25H,7-8H2. The van der Waals surface area contributed by atoms with Crippen LogP contribution in [-0.2, 0) is 26.2 Å². The van der Waals surface area contributed by atoms with Gasteiger partial charge in [0.1, 0.15) is 0 Å². The maximum Gasteiger partial charge on any atom is 0.416 e. The van der Waals surface area contributed by atoms with Crippen molar-refractivity contribution in [2.45, 2.75) is 34.9 Å². The molecule has 1 aliphatic rings. The van der Waals surface area contributed by atoms with E-state index in [0.29, 0.717) is 18.9 Å². The lowest BCUT2D eigenvalue weighted by molar-refractivity contribution is -0.137. The highest BCUT2D eigenvalue weighted by atomic mass is 32.2. The van der Waals surface area contributed by atoms with E-state index >= 15 is 0 Å². The van der Waals surface area contributed by atoms with E-state index in [-0.39, 0.29) is 22.3 Å². The van der Waals surface area contributed by atoms with Gasteiger partial charge in [0.05, 0.1) is 26.7 Å². The minimum atomic E-state index is -4.68. The summed E-state index contributed by atoms with van der Waals surface area (Å²) in [5.41, 5.74) is -1.16. The molecule has 2 aromatic carbocycles. The predicted octanol–water partition coefficient (Wildman–Crippen LogP) is 3.74. The second-order valence-corrected chi connectivity index (χ2v) is 10.7. The number of nitrogens with one attached hydrogen (secondary N) is 2. The summed E-state index contributed by atoms with van der Waals surface area (Å²) >= 11 is 0. The van der Waals surface area contributed by atoms with Crippen molar-refractivity contribution in [3.05, 3.63) is 72.6 Å². The van der Waals surface area contributed by atoms with Gasteiger partial charge in [-0.25, -0.2) is 21.6 Å². The molecule has 0 atom stereocenters. The molecule has 2 N–H and O–H groups in total. The lowest BCUT2D eigenvalue weighted by Gasteiger charge is -2.16. The van der Waals surface area contributed by atoms with E-state index in [9.17, 15) is 30.0 Å². The first kappa shape index (κ1) is 22.4. The lowest BCUT2D eigenvalue weighted by atomic mass is 10.1. The van der Waals surface area contributed by atoms with Crippen molar-refractivity contribution >= 4 is 25.7 Å². The molecule has 0 unspecified atom stereocenters. The topological polar surface area (TPSA) is 97.3 Å². The van der Waals surface area contributed by atoms with Crippen LogP contribution in [0.5, 0.6) is 0 Å². The highest BCUT2D eigenvalue weighted by Crippen LogP contribution is 2.34. The molecule has 7 nitrogen and oxygen atoms in total. The summed E-state index contributed by atoms with van der Waals surface area (Å²) in [7, 11) is -8.33. The summed E-state index contributed by atoms with van der Waals surface area (Å²) in [6.07, 6.45) is -0.168. The summed E-state index contributed by atoms with van der Waals surface area (Å²) in [4.78, 5) is -0.644. The Balaban J connectivity index is 1.73. The number of nitrogens with zero attached hydrogens (tertiary/aromatic N) is 1. The first-order valence-corrected chi connectivity index (χ1v) is 12.4. The van der Waals surface area contributed by atoms with Gasteiger partial charge < -0.3 is 4.57 Å². The third-order valence-electron chi connectivity index (χ3n) is 4.78. The molecule has 32 heavy (non-hydrogen) atoms. The average molecular weight is 486 g/mol. The molecule has 0 amide bonds. The van der Waals surface area contributed by atoms with E-state index in [1.165, 1.54) is 22.8 Å². The molecular formula is C20H18F3N3O4S2. The molecule has 3 aromatic rings. The first-order chi connectivity index (χ1) is 15.0. The Morgan fingerprint density at radius 2 is 1.47 bits per heavy atom. The maximum absolute atomic E-state index is 13.2. The normalized spacial score (nSPS) is 15.0. The second kappa shape index (κ2) is 7.94. The highest BCUT2D eigenvalue weighted by molar-refractivity contribution is 7.93.